The zero-order valence-corrected chi connectivity index (χ0v) is 16.9. The number of ether oxygens (including phenoxy) is 3. The Hall–Kier alpha value is -3.15. The van der Waals surface area contributed by atoms with Crippen LogP contribution in [0.5, 0.6) is 17.2 Å². The van der Waals surface area contributed by atoms with E-state index in [-0.39, 0.29) is 28.0 Å². The Morgan fingerprint density at radius 3 is 2.38 bits per heavy atom. The molecule has 1 aromatic heterocycles. The highest BCUT2D eigenvalue weighted by Crippen LogP contribution is 2.31. The number of phenols is 1. The summed E-state index contributed by atoms with van der Waals surface area (Å²) in [4.78, 5) is 12.9. The SMILES string of the molecule is COc1cc(O)c2c(=O)c(-c3ccc(O[C@@H]4O[C@H](CO)[C@@H](O)[C@H](O)[C@H]4O)cc3)coc2c1. The van der Waals surface area contributed by atoms with Crippen molar-refractivity contribution in [1.82, 2.24) is 0 Å². The minimum absolute atomic E-state index is 0.0185. The van der Waals surface area contributed by atoms with Crippen LogP contribution in [-0.2, 0) is 4.74 Å². The van der Waals surface area contributed by atoms with E-state index in [4.69, 9.17) is 18.6 Å². The highest BCUT2D eigenvalue weighted by Gasteiger charge is 2.44. The standard InChI is InChI=1S/C22H22O10/c1-29-12-6-14(24)17-15(7-12)30-9-13(18(17)25)10-2-4-11(5-3-10)31-22-21(28)20(27)19(26)16(8-23)32-22/h2-7,9,16,19-24,26-28H,8H2,1H3/t16-,19-,20+,21-,22-/m1/s1. The number of fused-ring (bicyclic) bond motifs is 1. The van der Waals surface area contributed by atoms with Crippen LogP contribution in [0.3, 0.4) is 0 Å². The van der Waals surface area contributed by atoms with E-state index in [0.717, 1.165) is 0 Å². The third-order valence-electron chi connectivity index (χ3n) is 5.33. The van der Waals surface area contributed by atoms with E-state index in [2.05, 4.69) is 0 Å². The van der Waals surface area contributed by atoms with Crippen molar-refractivity contribution in [2.24, 2.45) is 0 Å². The molecule has 32 heavy (non-hydrogen) atoms. The van der Waals surface area contributed by atoms with Crippen LogP contribution in [0.4, 0.5) is 0 Å². The topological polar surface area (TPSA) is 159 Å². The average Bonchev–Trinajstić information content (AvgIpc) is 2.80. The van der Waals surface area contributed by atoms with Crippen molar-refractivity contribution in [3.05, 3.63) is 52.9 Å². The van der Waals surface area contributed by atoms with E-state index in [0.29, 0.717) is 11.3 Å². The van der Waals surface area contributed by atoms with E-state index in [1.54, 1.807) is 12.1 Å². The quantitative estimate of drug-likeness (QED) is 0.370. The maximum absolute atomic E-state index is 12.9. The van der Waals surface area contributed by atoms with E-state index in [1.807, 2.05) is 0 Å². The molecule has 0 spiro atoms. The van der Waals surface area contributed by atoms with E-state index >= 15 is 0 Å². The monoisotopic (exact) mass is 446 g/mol. The van der Waals surface area contributed by atoms with Crippen molar-refractivity contribution in [2.75, 3.05) is 13.7 Å². The largest absolute Gasteiger partial charge is 0.507 e. The Bertz CT molecular complexity index is 1150. The van der Waals surface area contributed by atoms with Crippen LogP contribution in [-0.4, -0.2) is 70.0 Å². The number of benzene rings is 2. The molecule has 10 heteroatoms. The van der Waals surface area contributed by atoms with Gasteiger partial charge in [-0.3, -0.25) is 4.79 Å². The van der Waals surface area contributed by atoms with Gasteiger partial charge in [0.05, 0.1) is 19.3 Å². The van der Waals surface area contributed by atoms with Gasteiger partial charge in [-0.15, -0.1) is 0 Å². The molecule has 0 bridgehead atoms. The zero-order chi connectivity index (χ0) is 23.0. The van der Waals surface area contributed by atoms with E-state index in [1.165, 1.54) is 37.6 Å². The van der Waals surface area contributed by atoms with Crippen LogP contribution >= 0.6 is 0 Å². The second-order valence-electron chi connectivity index (χ2n) is 7.34. The number of aliphatic hydroxyl groups excluding tert-OH is 4. The van der Waals surface area contributed by atoms with Gasteiger partial charge in [0.2, 0.25) is 11.7 Å². The summed E-state index contributed by atoms with van der Waals surface area (Å²) in [7, 11) is 1.43. The summed E-state index contributed by atoms with van der Waals surface area (Å²) >= 11 is 0. The summed E-state index contributed by atoms with van der Waals surface area (Å²) in [5.74, 6) is 0.328. The lowest BCUT2D eigenvalue weighted by molar-refractivity contribution is -0.277. The van der Waals surface area contributed by atoms with Gasteiger partial charge in [-0.25, -0.2) is 0 Å². The van der Waals surface area contributed by atoms with Crippen LogP contribution in [0.25, 0.3) is 22.1 Å². The Morgan fingerprint density at radius 1 is 1.00 bits per heavy atom. The molecule has 1 aliphatic rings. The molecule has 170 valence electrons. The fourth-order valence-corrected chi connectivity index (χ4v) is 3.54. The predicted octanol–water partition coefficient (Wildman–Crippen LogP) is 0.353. The van der Waals surface area contributed by atoms with Crippen LogP contribution in [0, 0.1) is 0 Å². The molecule has 5 N–H and O–H groups in total. The minimum atomic E-state index is -1.56. The maximum Gasteiger partial charge on any atom is 0.229 e. The third kappa shape index (κ3) is 3.90. The van der Waals surface area contributed by atoms with Gasteiger partial charge >= 0.3 is 0 Å². The first kappa shape index (κ1) is 22.1. The molecule has 5 atom stereocenters. The van der Waals surface area contributed by atoms with Gasteiger partial charge in [0.15, 0.2) is 0 Å². The van der Waals surface area contributed by atoms with E-state index < -0.39 is 42.7 Å². The number of aliphatic hydroxyl groups is 4. The van der Waals surface area contributed by atoms with Crippen molar-refractivity contribution >= 4 is 11.0 Å². The summed E-state index contributed by atoms with van der Waals surface area (Å²) in [5.41, 5.74) is 0.432. The first-order valence-corrected chi connectivity index (χ1v) is 9.74. The number of rotatable bonds is 5. The highest BCUT2D eigenvalue weighted by atomic mass is 16.7. The normalized spacial score (nSPS) is 25.6. The first-order valence-electron chi connectivity index (χ1n) is 9.74. The molecular weight excluding hydrogens is 424 g/mol. The smallest absolute Gasteiger partial charge is 0.229 e. The van der Waals surface area contributed by atoms with Crippen LogP contribution < -0.4 is 14.9 Å². The number of phenolic OH excluding ortho intramolecular Hbond substituents is 1. The van der Waals surface area contributed by atoms with Crippen molar-refractivity contribution in [1.29, 1.82) is 0 Å². The summed E-state index contributed by atoms with van der Waals surface area (Å²) in [6.45, 7) is -0.569. The van der Waals surface area contributed by atoms with Crippen LogP contribution in [0.1, 0.15) is 0 Å². The minimum Gasteiger partial charge on any atom is -0.507 e. The molecule has 2 heterocycles. The molecule has 1 aliphatic heterocycles. The molecule has 2 aromatic carbocycles. The zero-order valence-electron chi connectivity index (χ0n) is 16.9. The molecule has 3 aromatic rings. The molecule has 10 nitrogen and oxygen atoms in total. The fraction of sp³-hybridized carbons (Fsp3) is 0.318. The number of aromatic hydroxyl groups is 1. The van der Waals surface area contributed by atoms with E-state index in [9.17, 15) is 30.3 Å². The summed E-state index contributed by atoms with van der Waals surface area (Å²) < 4.78 is 21.4. The van der Waals surface area contributed by atoms with Crippen LogP contribution in [0.15, 0.2) is 51.9 Å². The molecule has 0 saturated carbocycles. The lowest BCUT2D eigenvalue weighted by Crippen LogP contribution is -2.60. The van der Waals surface area contributed by atoms with Crippen LogP contribution in [0.2, 0.25) is 0 Å². The van der Waals surface area contributed by atoms with Crippen molar-refractivity contribution < 1.29 is 44.2 Å². The average molecular weight is 446 g/mol. The van der Waals surface area contributed by atoms with Gasteiger partial charge in [-0.2, -0.15) is 0 Å². The van der Waals surface area contributed by atoms with Crippen molar-refractivity contribution in [3.63, 3.8) is 0 Å². The van der Waals surface area contributed by atoms with Crippen molar-refractivity contribution in [2.45, 2.75) is 30.7 Å². The van der Waals surface area contributed by atoms with Gasteiger partial charge < -0.3 is 44.2 Å². The molecule has 0 amide bonds. The number of hydrogen-bond donors (Lipinski definition) is 5. The highest BCUT2D eigenvalue weighted by molar-refractivity contribution is 5.88. The summed E-state index contributed by atoms with van der Waals surface area (Å²) in [5, 5.41) is 49.3. The van der Waals surface area contributed by atoms with Gasteiger partial charge in [0, 0.05) is 12.1 Å². The molecular formula is C22H22O10. The molecule has 1 saturated heterocycles. The number of methoxy groups -OCH3 is 1. The predicted molar refractivity (Wildman–Crippen MR) is 111 cm³/mol. The molecule has 0 radical (unpaired) electrons. The second-order valence-corrected chi connectivity index (χ2v) is 7.34. The third-order valence-corrected chi connectivity index (χ3v) is 5.33. The number of hydrogen-bond acceptors (Lipinski definition) is 10. The van der Waals surface area contributed by atoms with Crippen molar-refractivity contribution in [3.8, 4) is 28.4 Å². The maximum atomic E-state index is 12.9. The lowest BCUT2D eigenvalue weighted by atomic mass is 9.99. The molecule has 0 unspecified atom stereocenters. The Labute approximate surface area is 181 Å². The summed E-state index contributed by atoms with van der Waals surface area (Å²) in [6, 6.07) is 8.97. The Kier molecular flexibility index (Phi) is 6.04. The second kappa shape index (κ2) is 8.77. The fourth-order valence-electron chi connectivity index (χ4n) is 3.54. The molecule has 1 fully saturated rings. The van der Waals surface area contributed by atoms with Gasteiger partial charge in [0.1, 0.15) is 58.9 Å². The van der Waals surface area contributed by atoms with Gasteiger partial charge in [0.25, 0.3) is 0 Å². The van der Waals surface area contributed by atoms with Gasteiger partial charge in [-0.05, 0) is 17.7 Å². The first-order chi connectivity index (χ1) is 15.3. The Balaban J connectivity index is 1.59. The summed E-state index contributed by atoms with van der Waals surface area (Å²) in [6.07, 6.45) is -5.73. The van der Waals surface area contributed by atoms with Gasteiger partial charge in [-0.1, -0.05) is 12.1 Å². The Morgan fingerprint density at radius 2 is 1.72 bits per heavy atom. The lowest BCUT2D eigenvalue weighted by Gasteiger charge is -2.39. The molecule has 4 rings (SSSR count). The molecule has 0 aliphatic carbocycles.